The molecule has 2 aromatic carbocycles. The highest BCUT2D eigenvalue weighted by atomic mass is 35.5. The number of amides is 1. The van der Waals surface area contributed by atoms with Crippen molar-refractivity contribution in [3.8, 4) is 5.75 Å². The van der Waals surface area contributed by atoms with Gasteiger partial charge in [-0.05, 0) is 86.4 Å². The molecular weight excluding hydrogens is 427 g/mol. The number of carbonyl (C=O) groups excluding carboxylic acids is 1. The molecule has 5 rings (SSSR count). The molecule has 0 spiro atoms. The SMILES string of the molecule is CCC(NC(=O)c1ccc(Cl)cc1)C1C2CC(Oc3cc(C)nc4ccc(F)cc34)CC21. The Kier molecular flexibility index (Phi) is 5.54. The number of pyridine rings is 1. The number of carbonyl (C=O) groups is 1. The molecule has 0 aliphatic heterocycles. The highest BCUT2D eigenvalue weighted by molar-refractivity contribution is 6.30. The van der Waals surface area contributed by atoms with E-state index in [4.69, 9.17) is 16.3 Å². The molecule has 2 aliphatic carbocycles. The molecule has 0 radical (unpaired) electrons. The molecule has 32 heavy (non-hydrogen) atoms. The van der Waals surface area contributed by atoms with Crippen LogP contribution in [0.5, 0.6) is 5.75 Å². The number of aromatic nitrogens is 1. The Morgan fingerprint density at radius 3 is 2.59 bits per heavy atom. The van der Waals surface area contributed by atoms with Gasteiger partial charge in [0, 0.05) is 33.8 Å². The lowest BCUT2D eigenvalue weighted by atomic mass is 10.00. The Morgan fingerprint density at radius 2 is 1.91 bits per heavy atom. The fraction of sp³-hybridized carbons (Fsp3) is 0.385. The smallest absolute Gasteiger partial charge is 0.251 e. The van der Waals surface area contributed by atoms with Gasteiger partial charge in [0.15, 0.2) is 0 Å². The van der Waals surface area contributed by atoms with Gasteiger partial charge in [-0.25, -0.2) is 4.39 Å². The molecule has 1 N–H and O–H groups in total. The largest absolute Gasteiger partial charge is 0.490 e. The van der Waals surface area contributed by atoms with E-state index in [0.29, 0.717) is 34.1 Å². The summed E-state index contributed by atoms with van der Waals surface area (Å²) in [5.41, 5.74) is 2.24. The highest BCUT2D eigenvalue weighted by Gasteiger charge is 2.59. The van der Waals surface area contributed by atoms with E-state index in [-0.39, 0.29) is 23.9 Å². The van der Waals surface area contributed by atoms with Crippen LogP contribution >= 0.6 is 11.6 Å². The van der Waals surface area contributed by atoms with Gasteiger partial charge in [-0.3, -0.25) is 9.78 Å². The van der Waals surface area contributed by atoms with Gasteiger partial charge in [-0.1, -0.05) is 18.5 Å². The summed E-state index contributed by atoms with van der Waals surface area (Å²) in [6.45, 7) is 4.04. The Hall–Kier alpha value is -2.66. The van der Waals surface area contributed by atoms with Crippen molar-refractivity contribution in [1.82, 2.24) is 10.3 Å². The second-order valence-electron chi connectivity index (χ2n) is 9.03. The standard InChI is InChI=1S/C26H26ClFN2O2/c1-3-22(30-26(31)15-4-6-16(27)7-5-15)25-19-12-18(13-20(19)25)32-24-10-14(2)29-23-9-8-17(28)11-21(23)24/h4-11,18-20,22,25H,3,12-13H2,1-2H3,(H,30,31). The van der Waals surface area contributed by atoms with E-state index in [1.165, 1.54) is 12.1 Å². The topological polar surface area (TPSA) is 51.2 Å². The summed E-state index contributed by atoms with van der Waals surface area (Å²) in [5.74, 6) is 1.97. The lowest BCUT2D eigenvalue weighted by Crippen LogP contribution is -2.37. The van der Waals surface area contributed by atoms with Crippen LogP contribution in [0.3, 0.4) is 0 Å². The van der Waals surface area contributed by atoms with Crippen LogP contribution in [0.2, 0.25) is 5.02 Å². The molecule has 1 heterocycles. The van der Waals surface area contributed by atoms with Crippen LogP contribution in [0.4, 0.5) is 4.39 Å². The minimum absolute atomic E-state index is 0.0490. The molecule has 3 aromatic rings. The first kappa shape index (κ1) is 21.2. The average Bonchev–Trinajstić information content (AvgIpc) is 3.26. The van der Waals surface area contributed by atoms with E-state index in [0.717, 1.165) is 35.9 Å². The predicted octanol–water partition coefficient (Wildman–Crippen LogP) is 5.95. The number of hydrogen-bond donors (Lipinski definition) is 1. The van der Waals surface area contributed by atoms with E-state index in [9.17, 15) is 9.18 Å². The Morgan fingerprint density at radius 1 is 1.19 bits per heavy atom. The van der Waals surface area contributed by atoms with E-state index < -0.39 is 0 Å². The lowest BCUT2D eigenvalue weighted by Gasteiger charge is -2.23. The third kappa shape index (κ3) is 4.06. The van der Waals surface area contributed by atoms with Gasteiger partial charge >= 0.3 is 0 Å². The van der Waals surface area contributed by atoms with Gasteiger partial charge in [-0.15, -0.1) is 0 Å². The number of nitrogens with one attached hydrogen (secondary N) is 1. The van der Waals surface area contributed by atoms with Gasteiger partial charge < -0.3 is 10.1 Å². The molecule has 2 fully saturated rings. The van der Waals surface area contributed by atoms with Crippen LogP contribution in [0.1, 0.15) is 42.2 Å². The Balaban J connectivity index is 1.23. The van der Waals surface area contributed by atoms with Gasteiger partial charge in [0.25, 0.3) is 5.91 Å². The van der Waals surface area contributed by atoms with Crippen LogP contribution in [0, 0.1) is 30.5 Å². The molecule has 1 amide bonds. The lowest BCUT2D eigenvalue weighted by molar-refractivity contribution is 0.0924. The number of hydrogen-bond acceptors (Lipinski definition) is 3. The fourth-order valence-corrected chi connectivity index (χ4v) is 5.55. The van der Waals surface area contributed by atoms with Crippen LogP contribution in [-0.2, 0) is 0 Å². The van der Waals surface area contributed by atoms with E-state index in [1.807, 2.05) is 13.0 Å². The van der Waals surface area contributed by atoms with Crippen molar-refractivity contribution in [3.63, 3.8) is 0 Å². The number of ether oxygens (including phenoxy) is 1. The zero-order valence-electron chi connectivity index (χ0n) is 18.1. The van der Waals surface area contributed by atoms with Gasteiger partial charge in [0.05, 0.1) is 11.6 Å². The maximum Gasteiger partial charge on any atom is 0.251 e. The molecule has 3 atom stereocenters. The van der Waals surface area contributed by atoms with Gasteiger partial charge in [0.1, 0.15) is 11.6 Å². The quantitative estimate of drug-likeness (QED) is 0.503. The number of aryl methyl sites for hydroxylation is 1. The van der Waals surface area contributed by atoms with E-state index >= 15 is 0 Å². The summed E-state index contributed by atoms with van der Waals surface area (Å²) < 4.78 is 20.1. The molecular formula is C26H26ClFN2O2. The summed E-state index contributed by atoms with van der Waals surface area (Å²) in [6, 6.07) is 13.7. The van der Waals surface area contributed by atoms with Gasteiger partial charge in [-0.2, -0.15) is 0 Å². The Labute approximate surface area is 192 Å². The van der Waals surface area contributed by atoms with Crippen molar-refractivity contribution in [2.45, 2.75) is 45.3 Å². The maximum absolute atomic E-state index is 13.8. The molecule has 2 aliphatic rings. The molecule has 0 bridgehead atoms. The summed E-state index contributed by atoms with van der Waals surface area (Å²) in [6.07, 6.45) is 2.93. The number of nitrogens with zero attached hydrogens (tertiary/aromatic N) is 1. The zero-order valence-corrected chi connectivity index (χ0v) is 18.9. The maximum atomic E-state index is 13.8. The first-order valence-electron chi connectivity index (χ1n) is 11.2. The van der Waals surface area contributed by atoms with Crippen molar-refractivity contribution in [3.05, 3.63) is 70.6 Å². The molecule has 4 nitrogen and oxygen atoms in total. The normalized spacial score (nSPS) is 24.8. The number of rotatable bonds is 6. The predicted molar refractivity (Wildman–Crippen MR) is 124 cm³/mol. The zero-order chi connectivity index (χ0) is 22.4. The summed E-state index contributed by atoms with van der Waals surface area (Å²) >= 11 is 5.93. The first-order chi connectivity index (χ1) is 15.4. The highest BCUT2D eigenvalue weighted by Crippen LogP contribution is 2.60. The van der Waals surface area contributed by atoms with Gasteiger partial charge in [0.2, 0.25) is 0 Å². The number of fused-ring (bicyclic) bond motifs is 2. The van der Waals surface area contributed by atoms with E-state index in [1.54, 1.807) is 30.3 Å². The molecule has 2 saturated carbocycles. The molecule has 0 saturated heterocycles. The van der Waals surface area contributed by atoms with Crippen molar-refractivity contribution in [1.29, 1.82) is 0 Å². The average molecular weight is 453 g/mol. The number of benzene rings is 2. The fourth-order valence-electron chi connectivity index (χ4n) is 5.43. The molecule has 166 valence electrons. The summed E-state index contributed by atoms with van der Waals surface area (Å²) in [5, 5.41) is 4.56. The van der Waals surface area contributed by atoms with E-state index in [2.05, 4.69) is 17.2 Å². The second kappa shape index (κ2) is 8.36. The minimum Gasteiger partial charge on any atom is -0.490 e. The summed E-state index contributed by atoms with van der Waals surface area (Å²) in [4.78, 5) is 17.1. The minimum atomic E-state index is -0.287. The first-order valence-corrected chi connectivity index (χ1v) is 11.6. The van der Waals surface area contributed by atoms with Crippen molar-refractivity contribution >= 4 is 28.4 Å². The molecule has 6 heteroatoms. The van der Waals surface area contributed by atoms with Crippen molar-refractivity contribution in [2.75, 3.05) is 0 Å². The molecule has 3 unspecified atom stereocenters. The third-order valence-corrected chi connectivity index (χ3v) is 7.20. The summed E-state index contributed by atoms with van der Waals surface area (Å²) in [7, 11) is 0. The second-order valence-corrected chi connectivity index (χ2v) is 9.47. The molecule has 1 aromatic heterocycles. The van der Waals surface area contributed by atoms with Crippen LogP contribution in [0.25, 0.3) is 10.9 Å². The monoisotopic (exact) mass is 452 g/mol. The van der Waals surface area contributed by atoms with Crippen LogP contribution in [-0.4, -0.2) is 23.0 Å². The Bertz CT molecular complexity index is 1150. The number of halogens is 2. The van der Waals surface area contributed by atoms with Crippen molar-refractivity contribution < 1.29 is 13.9 Å². The van der Waals surface area contributed by atoms with Crippen LogP contribution < -0.4 is 10.1 Å². The van der Waals surface area contributed by atoms with Crippen LogP contribution in [0.15, 0.2) is 48.5 Å². The van der Waals surface area contributed by atoms with Crippen molar-refractivity contribution in [2.24, 2.45) is 17.8 Å². The third-order valence-electron chi connectivity index (χ3n) is 6.95.